The number of rotatable bonds is 8. The fourth-order valence-corrected chi connectivity index (χ4v) is 3.96. The molecule has 0 radical (unpaired) electrons. The average molecular weight is 460 g/mol. The number of imidazole rings is 1. The minimum Gasteiger partial charge on any atom is -0.421 e. The molecule has 3 heterocycles. The van der Waals surface area contributed by atoms with Gasteiger partial charge < -0.3 is 19.9 Å². The molecule has 0 bridgehead atoms. The summed E-state index contributed by atoms with van der Waals surface area (Å²) >= 11 is 0. The smallest absolute Gasteiger partial charge is 0.326 e. The predicted octanol–water partition coefficient (Wildman–Crippen LogP) is 4.84. The van der Waals surface area contributed by atoms with E-state index in [2.05, 4.69) is 30.6 Å². The van der Waals surface area contributed by atoms with E-state index in [1.165, 1.54) is 0 Å². The molecule has 0 saturated heterocycles. The number of fused-ring (bicyclic) bond motifs is 1. The van der Waals surface area contributed by atoms with Crippen LogP contribution in [0.3, 0.4) is 0 Å². The summed E-state index contributed by atoms with van der Waals surface area (Å²) in [6.07, 6.45) is 10.9. The maximum atomic E-state index is 15.1. The van der Waals surface area contributed by atoms with E-state index in [1.54, 1.807) is 24.7 Å². The predicted molar refractivity (Wildman–Crippen MR) is 131 cm³/mol. The molecule has 2 aromatic heterocycles. The molecule has 34 heavy (non-hydrogen) atoms. The van der Waals surface area contributed by atoms with Crippen molar-refractivity contribution in [2.45, 2.75) is 33.2 Å². The number of amidine groups is 1. The Labute approximate surface area is 197 Å². The van der Waals surface area contributed by atoms with Crippen molar-refractivity contribution in [3.05, 3.63) is 71.1 Å². The topological polar surface area (TPSA) is 89.2 Å². The molecule has 0 amide bonds. The summed E-state index contributed by atoms with van der Waals surface area (Å²) in [7, 11) is 0. The zero-order chi connectivity index (χ0) is 23.5. The molecule has 0 spiro atoms. The Balaban J connectivity index is 1.35. The standard InChI is InChI=1S/C25H26FN7O/c1-16-10-18-4-5-20(24(26)19(18)11-16)34-25-31-22(28-6-3-8-33-9-7-27-15-33)13-23(32-25)30-21-12-17(2)14-29-21/h4-5,7,9,11-13,15H,3,6,8,10,14H2,1-2H3,(H2,28,29,30,31,32). The number of halogens is 1. The lowest BCUT2D eigenvalue weighted by Gasteiger charge is -2.13. The van der Waals surface area contributed by atoms with Crippen LogP contribution in [-0.2, 0) is 13.0 Å². The van der Waals surface area contributed by atoms with Crippen LogP contribution in [0.4, 0.5) is 16.0 Å². The molecule has 5 rings (SSSR count). The van der Waals surface area contributed by atoms with E-state index < -0.39 is 5.82 Å². The highest BCUT2D eigenvalue weighted by molar-refractivity contribution is 6.05. The van der Waals surface area contributed by atoms with Gasteiger partial charge in [-0.3, -0.25) is 4.99 Å². The molecule has 174 valence electrons. The average Bonchev–Trinajstić information content (AvgIpc) is 3.55. The van der Waals surface area contributed by atoms with Gasteiger partial charge in [-0.2, -0.15) is 9.97 Å². The summed E-state index contributed by atoms with van der Waals surface area (Å²) in [5.74, 6) is 1.52. The Bertz CT molecular complexity index is 1290. The number of allylic oxidation sites excluding steroid dienone is 1. The minimum atomic E-state index is -0.398. The number of benzene rings is 1. The molecule has 2 aliphatic rings. The Hall–Kier alpha value is -4.01. The number of nitrogens with zero attached hydrogens (tertiary/aromatic N) is 5. The fourth-order valence-electron chi connectivity index (χ4n) is 3.96. The molecule has 0 saturated carbocycles. The van der Waals surface area contributed by atoms with Gasteiger partial charge in [0.05, 0.1) is 12.9 Å². The molecular formula is C25H26FN7O. The Kier molecular flexibility index (Phi) is 6.07. The summed E-state index contributed by atoms with van der Waals surface area (Å²) in [4.78, 5) is 17.4. The van der Waals surface area contributed by atoms with Crippen LogP contribution in [0, 0.1) is 5.82 Å². The van der Waals surface area contributed by atoms with Gasteiger partial charge in [0.25, 0.3) is 0 Å². The van der Waals surface area contributed by atoms with E-state index in [1.807, 2.05) is 42.8 Å². The van der Waals surface area contributed by atoms with Gasteiger partial charge in [0, 0.05) is 37.1 Å². The van der Waals surface area contributed by atoms with Gasteiger partial charge in [0.2, 0.25) is 0 Å². The highest BCUT2D eigenvalue weighted by Gasteiger charge is 2.19. The molecular weight excluding hydrogens is 433 g/mol. The normalized spacial score (nSPS) is 14.4. The largest absolute Gasteiger partial charge is 0.421 e. The summed E-state index contributed by atoms with van der Waals surface area (Å²) < 4.78 is 22.9. The number of nitrogens with one attached hydrogen (secondary N) is 2. The minimum absolute atomic E-state index is 0.0546. The van der Waals surface area contributed by atoms with Crippen LogP contribution in [-0.4, -0.2) is 38.4 Å². The third-order valence-electron chi connectivity index (χ3n) is 5.60. The van der Waals surface area contributed by atoms with Gasteiger partial charge in [-0.1, -0.05) is 17.7 Å². The number of aryl methyl sites for hydroxylation is 1. The van der Waals surface area contributed by atoms with E-state index in [0.717, 1.165) is 41.9 Å². The number of hydrogen-bond acceptors (Lipinski definition) is 7. The van der Waals surface area contributed by atoms with Crippen molar-refractivity contribution in [3.8, 4) is 11.8 Å². The van der Waals surface area contributed by atoms with Crippen molar-refractivity contribution >= 4 is 23.5 Å². The molecule has 9 heteroatoms. The quantitative estimate of drug-likeness (QED) is 0.469. The highest BCUT2D eigenvalue weighted by Crippen LogP contribution is 2.34. The first-order chi connectivity index (χ1) is 16.5. The van der Waals surface area contributed by atoms with Gasteiger partial charge in [-0.05, 0) is 50.0 Å². The van der Waals surface area contributed by atoms with Crippen LogP contribution in [0.5, 0.6) is 11.8 Å². The third-order valence-corrected chi connectivity index (χ3v) is 5.60. The van der Waals surface area contributed by atoms with Crippen molar-refractivity contribution in [2.24, 2.45) is 4.99 Å². The molecule has 0 atom stereocenters. The molecule has 3 aromatic rings. The van der Waals surface area contributed by atoms with Gasteiger partial charge in [-0.25, -0.2) is 9.37 Å². The number of ether oxygens (including phenoxy) is 1. The van der Waals surface area contributed by atoms with E-state index in [-0.39, 0.29) is 11.8 Å². The lowest BCUT2D eigenvalue weighted by atomic mass is 10.1. The highest BCUT2D eigenvalue weighted by atomic mass is 19.1. The van der Waals surface area contributed by atoms with Crippen molar-refractivity contribution in [1.29, 1.82) is 0 Å². The zero-order valence-electron chi connectivity index (χ0n) is 19.2. The molecule has 0 fully saturated rings. The molecule has 1 aliphatic carbocycles. The van der Waals surface area contributed by atoms with E-state index in [9.17, 15) is 0 Å². The van der Waals surface area contributed by atoms with Crippen LogP contribution in [0.15, 0.2) is 59.1 Å². The summed E-state index contributed by atoms with van der Waals surface area (Å²) in [6, 6.07) is 5.37. The first kappa shape index (κ1) is 21.8. The van der Waals surface area contributed by atoms with Gasteiger partial charge in [0.15, 0.2) is 11.6 Å². The van der Waals surface area contributed by atoms with Gasteiger partial charge in [-0.15, -0.1) is 0 Å². The first-order valence-corrected chi connectivity index (χ1v) is 11.3. The van der Waals surface area contributed by atoms with E-state index in [0.29, 0.717) is 30.3 Å². The second kappa shape index (κ2) is 9.46. The number of aliphatic imine (C=N–C) groups is 1. The van der Waals surface area contributed by atoms with Crippen LogP contribution in [0.1, 0.15) is 31.4 Å². The SMILES string of the molecule is CC1=CC(Nc2cc(NCCCn3ccnc3)nc(Oc3ccc4c(c3F)C=C(C)C4)n2)=NC1. The van der Waals surface area contributed by atoms with Crippen LogP contribution >= 0.6 is 0 Å². The number of aromatic nitrogens is 4. The molecule has 1 aliphatic heterocycles. The monoisotopic (exact) mass is 459 g/mol. The number of hydrogen-bond donors (Lipinski definition) is 2. The lowest BCUT2D eigenvalue weighted by molar-refractivity contribution is 0.411. The lowest BCUT2D eigenvalue weighted by Crippen LogP contribution is -2.12. The van der Waals surface area contributed by atoms with Crippen molar-refractivity contribution < 1.29 is 9.13 Å². The second-order valence-corrected chi connectivity index (χ2v) is 8.54. The maximum Gasteiger partial charge on any atom is 0.326 e. The van der Waals surface area contributed by atoms with Crippen LogP contribution in [0.2, 0.25) is 0 Å². The molecule has 2 N–H and O–H groups in total. The Morgan fingerprint density at radius 2 is 2.00 bits per heavy atom. The third kappa shape index (κ3) is 4.98. The van der Waals surface area contributed by atoms with E-state index >= 15 is 4.39 Å². The number of anilines is 2. The summed E-state index contributed by atoms with van der Waals surface area (Å²) in [5.41, 5.74) is 3.81. The summed E-state index contributed by atoms with van der Waals surface area (Å²) in [6.45, 7) is 6.19. The molecule has 1 aromatic carbocycles. The fraction of sp³-hybridized carbons (Fsp3) is 0.280. The van der Waals surface area contributed by atoms with Gasteiger partial charge in [0.1, 0.15) is 17.5 Å². The van der Waals surface area contributed by atoms with E-state index in [4.69, 9.17) is 4.74 Å². The van der Waals surface area contributed by atoms with Crippen LogP contribution < -0.4 is 15.4 Å². The molecule has 8 nitrogen and oxygen atoms in total. The van der Waals surface area contributed by atoms with Gasteiger partial charge >= 0.3 is 6.01 Å². The second-order valence-electron chi connectivity index (χ2n) is 8.54. The zero-order valence-corrected chi connectivity index (χ0v) is 19.2. The molecule has 0 unspecified atom stereocenters. The first-order valence-electron chi connectivity index (χ1n) is 11.3. The Morgan fingerprint density at radius 1 is 1.12 bits per heavy atom. The Morgan fingerprint density at radius 3 is 2.79 bits per heavy atom. The van der Waals surface area contributed by atoms with Crippen molar-refractivity contribution in [1.82, 2.24) is 19.5 Å². The van der Waals surface area contributed by atoms with Crippen molar-refractivity contribution in [3.63, 3.8) is 0 Å². The summed E-state index contributed by atoms with van der Waals surface area (Å²) in [5, 5.41) is 6.51. The van der Waals surface area contributed by atoms with Crippen LogP contribution in [0.25, 0.3) is 6.08 Å². The van der Waals surface area contributed by atoms with Crippen molar-refractivity contribution in [2.75, 3.05) is 23.7 Å². The maximum absolute atomic E-state index is 15.1.